The Kier molecular flexibility index (Phi) is 10.8. The van der Waals surface area contributed by atoms with Gasteiger partial charge in [-0.1, -0.05) is 83.0 Å². The number of aromatic amines is 2. The molecule has 0 spiro atoms. The first kappa shape index (κ1) is 42.8. The van der Waals surface area contributed by atoms with Crippen LogP contribution in [0.2, 0.25) is 0 Å². The van der Waals surface area contributed by atoms with Crippen LogP contribution in [-0.2, 0) is 0 Å². The molecule has 4 heteroatoms. The standard InChI is InChI=1S/C63H52N4/c1-11-45-12-14-46(15-13-45)16-17-47-18-20-48(21-19-47)60-49-22-24-51(64-49)61(57-39(5)30-36(2)31-40(57)6)53-26-28-55(66-53)63(59-43(9)34-38(4)35-44(59)10)56-29-27-54(67-56)62(52-25-23-50(60)65-52)58-41(7)32-37(3)33-42(58)8/h1,12-15,18-35,64,67H,2-10H3. The Bertz CT molecular complexity index is 3590. The van der Waals surface area contributed by atoms with Crippen molar-refractivity contribution in [2.24, 2.45) is 0 Å². The van der Waals surface area contributed by atoms with Crippen molar-refractivity contribution in [2.75, 3.05) is 0 Å². The largest absolute Gasteiger partial charge is 0.354 e. The molecule has 67 heavy (non-hydrogen) atoms. The molecule has 5 aromatic carbocycles. The number of hydrogen-bond acceptors (Lipinski definition) is 2. The normalized spacial score (nSPS) is 11.7. The highest BCUT2D eigenvalue weighted by Gasteiger charge is 2.22. The van der Waals surface area contributed by atoms with Crippen molar-refractivity contribution in [3.63, 3.8) is 0 Å². The number of hydrogen-bond donors (Lipinski definition) is 2. The van der Waals surface area contributed by atoms with E-state index in [0.717, 1.165) is 89.4 Å². The first-order valence-corrected chi connectivity index (χ1v) is 22.9. The molecular weight excluding hydrogens is 813 g/mol. The minimum Gasteiger partial charge on any atom is -0.354 e. The molecule has 0 radical (unpaired) electrons. The zero-order valence-corrected chi connectivity index (χ0v) is 39.7. The number of nitrogens with one attached hydrogen (secondary N) is 2. The SMILES string of the molecule is C#Cc1ccc(C#Cc2ccc(-c3c4nc(c(-c5c(C)cc(C)cc5C)c5ccc([nH]5)c(-c5c(C)cc(C)cc5C)c5nc(c(-c6c(C)cc(C)cc6C)c6ccc3[nH]6)C=C5)C=C4)cc2)cc1. The van der Waals surface area contributed by atoms with E-state index in [0.29, 0.717) is 0 Å². The summed E-state index contributed by atoms with van der Waals surface area (Å²) in [5, 5.41) is 0. The first-order valence-electron chi connectivity index (χ1n) is 22.9. The Labute approximate surface area is 394 Å². The summed E-state index contributed by atoms with van der Waals surface area (Å²) in [5.74, 6) is 9.34. The molecule has 4 nitrogen and oxygen atoms in total. The van der Waals surface area contributed by atoms with E-state index in [4.69, 9.17) is 16.4 Å². The van der Waals surface area contributed by atoms with E-state index in [1.165, 1.54) is 66.8 Å². The molecule has 0 saturated heterocycles. The maximum Gasteiger partial charge on any atom is 0.0737 e. The Morgan fingerprint density at radius 3 is 0.955 bits per heavy atom. The molecular formula is C63H52N4. The summed E-state index contributed by atoms with van der Waals surface area (Å²) in [7, 11) is 0. The van der Waals surface area contributed by atoms with Crippen molar-refractivity contribution < 1.29 is 0 Å². The number of H-pyrrole nitrogens is 2. The fraction of sp³-hybridized carbons (Fsp3) is 0.143. The Balaban J connectivity index is 1.33. The van der Waals surface area contributed by atoms with Crippen molar-refractivity contribution in [2.45, 2.75) is 62.3 Å². The number of aromatic nitrogens is 4. The second-order valence-electron chi connectivity index (χ2n) is 18.4. The quantitative estimate of drug-likeness (QED) is 0.173. The molecule has 8 bridgehead atoms. The lowest BCUT2D eigenvalue weighted by Gasteiger charge is -2.14. The predicted octanol–water partition coefficient (Wildman–Crippen LogP) is 15.5. The van der Waals surface area contributed by atoms with E-state index in [1.54, 1.807) is 0 Å². The Morgan fingerprint density at radius 1 is 0.343 bits per heavy atom. The van der Waals surface area contributed by atoms with Crippen molar-refractivity contribution in [3.05, 3.63) is 199 Å². The lowest BCUT2D eigenvalue weighted by Crippen LogP contribution is -1.96. The first-order chi connectivity index (χ1) is 32.3. The third-order valence-corrected chi connectivity index (χ3v) is 13.1. The second kappa shape index (κ2) is 17.0. The summed E-state index contributed by atoms with van der Waals surface area (Å²) in [6, 6.07) is 38.7. The van der Waals surface area contributed by atoms with Gasteiger partial charge in [0, 0.05) is 61.0 Å². The summed E-state index contributed by atoms with van der Waals surface area (Å²) in [6.45, 7) is 19.8. The van der Waals surface area contributed by atoms with Crippen LogP contribution in [0.1, 0.15) is 89.5 Å². The number of aryl methyl sites for hydroxylation is 9. The van der Waals surface area contributed by atoms with Gasteiger partial charge >= 0.3 is 0 Å². The Morgan fingerprint density at radius 2 is 0.627 bits per heavy atom. The van der Waals surface area contributed by atoms with E-state index in [1.807, 2.05) is 24.3 Å². The highest BCUT2D eigenvalue weighted by molar-refractivity contribution is 6.01. The summed E-state index contributed by atoms with van der Waals surface area (Å²) in [4.78, 5) is 19.2. The van der Waals surface area contributed by atoms with Gasteiger partial charge in [-0.2, -0.15) is 0 Å². The van der Waals surface area contributed by atoms with Crippen molar-refractivity contribution in [1.82, 2.24) is 19.9 Å². The van der Waals surface area contributed by atoms with Gasteiger partial charge in [0.1, 0.15) is 0 Å². The molecule has 0 saturated carbocycles. The highest BCUT2D eigenvalue weighted by Crippen LogP contribution is 2.42. The molecule has 0 aliphatic carbocycles. The number of nitrogens with zero attached hydrogens (tertiary/aromatic N) is 2. The van der Waals surface area contributed by atoms with Gasteiger partial charge in [0.05, 0.1) is 22.8 Å². The van der Waals surface area contributed by atoms with Gasteiger partial charge in [0.15, 0.2) is 0 Å². The molecule has 2 N–H and O–H groups in total. The lowest BCUT2D eigenvalue weighted by atomic mass is 9.92. The van der Waals surface area contributed by atoms with Gasteiger partial charge in [-0.05, 0) is 203 Å². The fourth-order valence-electron chi connectivity index (χ4n) is 10.5. The third kappa shape index (κ3) is 7.92. The molecule has 2 aliphatic rings. The third-order valence-electron chi connectivity index (χ3n) is 13.1. The number of rotatable bonds is 4. The maximum absolute atomic E-state index is 5.63. The van der Waals surface area contributed by atoms with Crippen LogP contribution in [-0.4, -0.2) is 19.9 Å². The van der Waals surface area contributed by atoms with E-state index in [9.17, 15) is 0 Å². The second-order valence-corrected chi connectivity index (χ2v) is 18.4. The molecule has 10 rings (SSSR count). The summed E-state index contributed by atoms with van der Waals surface area (Å²) in [5.41, 5.74) is 29.8. The van der Waals surface area contributed by atoms with Crippen LogP contribution in [0.5, 0.6) is 0 Å². The molecule has 8 aromatic rings. The smallest absolute Gasteiger partial charge is 0.0737 e. The Hall–Kier alpha value is -8.18. The van der Waals surface area contributed by atoms with Crippen molar-refractivity contribution in [3.8, 4) is 68.7 Å². The van der Waals surface area contributed by atoms with Crippen LogP contribution in [0.15, 0.2) is 109 Å². The van der Waals surface area contributed by atoms with Gasteiger partial charge in [0.2, 0.25) is 0 Å². The summed E-state index contributed by atoms with van der Waals surface area (Å²) >= 11 is 0. The van der Waals surface area contributed by atoms with E-state index in [-0.39, 0.29) is 0 Å². The minimum atomic E-state index is 0.838. The number of fused-ring (bicyclic) bond motifs is 8. The molecule has 0 unspecified atom stereocenters. The predicted molar refractivity (Wildman–Crippen MR) is 284 cm³/mol. The van der Waals surface area contributed by atoms with Crippen molar-refractivity contribution >= 4 is 46.4 Å². The fourth-order valence-corrected chi connectivity index (χ4v) is 10.5. The van der Waals surface area contributed by atoms with E-state index < -0.39 is 0 Å². The summed E-state index contributed by atoms with van der Waals surface area (Å²) in [6.07, 6.45) is 14.3. The van der Waals surface area contributed by atoms with Crippen LogP contribution >= 0.6 is 0 Å². The van der Waals surface area contributed by atoms with Gasteiger partial charge in [0.25, 0.3) is 0 Å². The maximum atomic E-state index is 5.63. The molecule has 3 aromatic heterocycles. The lowest BCUT2D eigenvalue weighted by molar-refractivity contribution is 1.27. The molecule has 0 amide bonds. The van der Waals surface area contributed by atoms with Gasteiger partial charge in [-0.15, -0.1) is 6.42 Å². The van der Waals surface area contributed by atoms with Gasteiger partial charge in [-0.25, -0.2) is 9.97 Å². The van der Waals surface area contributed by atoms with Crippen molar-refractivity contribution in [1.29, 1.82) is 0 Å². The van der Waals surface area contributed by atoms with E-state index in [2.05, 4.69) is 199 Å². The molecule has 324 valence electrons. The van der Waals surface area contributed by atoms with Crippen LogP contribution in [0.25, 0.3) is 90.9 Å². The van der Waals surface area contributed by atoms with Gasteiger partial charge in [-0.3, -0.25) is 0 Å². The van der Waals surface area contributed by atoms with Gasteiger partial charge < -0.3 is 9.97 Å². The van der Waals surface area contributed by atoms with Crippen LogP contribution < -0.4 is 0 Å². The minimum absolute atomic E-state index is 0.838. The number of terminal acetylenes is 1. The molecule has 5 heterocycles. The van der Waals surface area contributed by atoms with Crippen LogP contribution in [0.4, 0.5) is 0 Å². The molecule has 2 aliphatic heterocycles. The summed E-state index contributed by atoms with van der Waals surface area (Å²) < 4.78 is 0. The zero-order chi connectivity index (χ0) is 46.7. The molecule has 0 atom stereocenters. The topological polar surface area (TPSA) is 57.4 Å². The van der Waals surface area contributed by atoms with Crippen LogP contribution in [0.3, 0.4) is 0 Å². The average molecular weight is 865 g/mol. The monoisotopic (exact) mass is 864 g/mol. The zero-order valence-electron chi connectivity index (χ0n) is 39.7. The molecule has 0 fully saturated rings. The van der Waals surface area contributed by atoms with E-state index >= 15 is 0 Å². The highest BCUT2D eigenvalue weighted by atomic mass is 14.8. The van der Waals surface area contributed by atoms with Crippen LogP contribution in [0, 0.1) is 86.5 Å². The average Bonchev–Trinajstić information content (AvgIpc) is 4.14. The number of benzene rings is 5.